The van der Waals surface area contributed by atoms with Crippen molar-refractivity contribution in [3.05, 3.63) is 76.9 Å². The summed E-state index contributed by atoms with van der Waals surface area (Å²) in [5, 5.41) is 11.6. The van der Waals surface area contributed by atoms with E-state index in [-0.39, 0.29) is 5.82 Å². The average Bonchev–Trinajstić information content (AvgIpc) is 2.96. The first-order valence-corrected chi connectivity index (χ1v) is 10.3. The second-order valence-electron chi connectivity index (χ2n) is 7.21. The highest BCUT2D eigenvalue weighted by atomic mass is 32.1. The van der Waals surface area contributed by atoms with Gasteiger partial charge in [-0.25, -0.2) is 4.39 Å². The van der Waals surface area contributed by atoms with Gasteiger partial charge in [-0.2, -0.15) is 5.10 Å². The number of aromatic nitrogens is 2. The molecule has 0 saturated heterocycles. The number of rotatable bonds is 7. The van der Waals surface area contributed by atoms with Crippen LogP contribution in [0.25, 0.3) is 0 Å². The van der Waals surface area contributed by atoms with E-state index in [2.05, 4.69) is 46.9 Å². The Hall–Kier alpha value is -2.73. The van der Waals surface area contributed by atoms with Gasteiger partial charge in [0.05, 0.1) is 23.6 Å². The van der Waals surface area contributed by atoms with E-state index in [1.807, 2.05) is 18.5 Å². The minimum atomic E-state index is -0.237. The number of benzene rings is 2. The van der Waals surface area contributed by atoms with E-state index < -0.39 is 0 Å². The molecular weight excluding hydrogens is 383 g/mol. The summed E-state index contributed by atoms with van der Waals surface area (Å²) in [6.07, 6.45) is 3.50. The molecule has 0 bridgehead atoms. The summed E-state index contributed by atoms with van der Waals surface area (Å²) in [5.41, 5.74) is 6.02. The fraction of sp³-hybridized carbons (Fsp3) is 0.304. The molecule has 1 heterocycles. The lowest BCUT2D eigenvalue weighted by molar-refractivity contribution is 0.622. The highest BCUT2D eigenvalue weighted by Crippen LogP contribution is 2.21. The van der Waals surface area contributed by atoms with Crippen molar-refractivity contribution in [2.24, 2.45) is 0 Å². The highest BCUT2D eigenvalue weighted by Gasteiger charge is 2.13. The van der Waals surface area contributed by atoms with Crippen LogP contribution in [0, 0.1) is 19.7 Å². The maximum Gasteiger partial charge on any atom is 0.175 e. The van der Waals surface area contributed by atoms with Gasteiger partial charge in [-0.15, -0.1) is 0 Å². The second-order valence-corrected chi connectivity index (χ2v) is 7.62. The molecule has 29 heavy (non-hydrogen) atoms. The Kier molecular flexibility index (Phi) is 6.99. The van der Waals surface area contributed by atoms with Crippen LogP contribution >= 0.6 is 12.2 Å². The van der Waals surface area contributed by atoms with Crippen LogP contribution in [-0.4, -0.2) is 14.9 Å². The van der Waals surface area contributed by atoms with E-state index in [1.54, 1.807) is 12.1 Å². The van der Waals surface area contributed by atoms with Crippen LogP contribution in [0.4, 0.5) is 15.8 Å². The van der Waals surface area contributed by atoms with Crippen LogP contribution < -0.4 is 10.6 Å². The number of thiocarbonyl (C=S) groups is 1. The van der Waals surface area contributed by atoms with Crippen LogP contribution in [0.15, 0.2) is 48.5 Å². The zero-order chi connectivity index (χ0) is 20.8. The van der Waals surface area contributed by atoms with E-state index in [9.17, 15) is 4.39 Å². The molecule has 0 spiro atoms. The van der Waals surface area contributed by atoms with Gasteiger partial charge in [-0.05, 0) is 74.3 Å². The van der Waals surface area contributed by atoms with Crippen LogP contribution in [0.1, 0.15) is 42.3 Å². The summed E-state index contributed by atoms with van der Waals surface area (Å²) in [5.74, 6) is -0.237. The lowest BCUT2D eigenvalue weighted by Crippen LogP contribution is -2.20. The smallest absolute Gasteiger partial charge is 0.175 e. The number of nitrogens with zero attached hydrogens (tertiary/aromatic N) is 2. The van der Waals surface area contributed by atoms with Gasteiger partial charge in [0.2, 0.25) is 0 Å². The Morgan fingerprint density at radius 2 is 1.66 bits per heavy atom. The lowest BCUT2D eigenvalue weighted by Gasteiger charge is -2.12. The number of anilines is 2. The molecule has 4 nitrogen and oxygen atoms in total. The van der Waals surface area contributed by atoms with Gasteiger partial charge < -0.3 is 10.6 Å². The molecule has 0 aliphatic heterocycles. The number of unbranched alkanes of at least 4 members (excludes halogenated alkanes) is 1. The molecule has 0 atom stereocenters. The normalized spacial score (nSPS) is 10.8. The summed E-state index contributed by atoms with van der Waals surface area (Å²) >= 11 is 5.49. The zero-order valence-corrected chi connectivity index (χ0v) is 17.9. The first kappa shape index (κ1) is 21.0. The number of nitrogens with one attached hydrogen (secondary N) is 2. The van der Waals surface area contributed by atoms with Gasteiger partial charge >= 0.3 is 0 Å². The third kappa shape index (κ3) is 5.64. The van der Waals surface area contributed by atoms with Crippen molar-refractivity contribution in [2.45, 2.75) is 46.6 Å². The van der Waals surface area contributed by atoms with E-state index >= 15 is 0 Å². The quantitative estimate of drug-likeness (QED) is 0.480. The first-order chi connectivity index (χ1) is 14.0. The molecule has 0 unspecified atom stereocenters. The lowest BCUT2D eigenvalue weighted by atomic mass is 10.1. The van der Waals surface area contributed by atoms with Crippen molar-refractivity contribution in [1.82, 2.24) is 9.78 Å². The van der Waals surface area contributed by atoms with E-state index in [0.717, 1.165) is 34.7 Å². The molecule has 0 saturated carbocycles. The minimum absolute atomic E-state index is 0.237. The minimum Gasteiger partial charge on any atom is -0.332 e. The molecule has 6 heteroatoms. The standard InChI is InChI=1S/C23H27FN4S/c1-4-5-6-18-9-13-21(14-10-18)25-23(29)26-22-16(2)27-28(17(22)3)15-19-7-11-20(24)12-8-19/h7-14H,4-6,15H2,1-3H3,(H2,25,26,29). The van der Waals surface area contributed by atoms with Gasteiger partial charge in [0.25, 0.3) is 0 Å². The summed E-state index contributed by atoms with van der Waals surface area (Å²) in [6.45, 7) is 6.72. The fourth-order valence-corrected chi connectivity index (χ4v) is 3.43. The number of halogens is 1. The van der Waals surface area contributed by atoms with Crippen molar-refractivity contribution in [1.29, 1.82) is 0 Å². The molecule has 2 N–H and O–H groups in total. The van der Waals surface area contributed by atoms with Crippen LogP contribution in [0.3, 0.4) is 0 Å². The zero-order valence-electron chi connectivity index (χ0n) is 17.1. The molecular formula is C23H27FN4S. The summed E-state index contributed by atoms with van der Waals surface area (Å²) in [6, 6.07) is 14.9. The van der Waals surface area contributed by atoms with E-state index in [1.165, 1.54) is 30.5 Å². The maximum absolute atomic E-state index is 13.1. The van der Waals surface area contributed by atoms with Crippen molar-refractivity contribution < 1.29 is 4.39 Å². The predicted octanol–water partition coefficient (Wildman–Crippen LogP) is 5.84. The van der Waals surface area contributed by atoms with Crippen LogP contribution in [-0.2, 0) is 13.0 Å². The van der Waals surface area contributed by atoms with Crippen molar-refractivity contribution in [3.8, 4) is 0 Å². The van der Waals surface area contributed by atoms with E-state index in [0.29, 0.717) is 11.7 Å². The molecule has 0 aliphatic carbocycles. The molecule has 0 aliphatic rings. The van der Waals surface area contributed by atoms with E-state index in [4.69, 9.17) is 12.2 Å². The molecule has 152 valence electrons. The number of hydrogen-bond acceptors (Lipinski definition) is 2. The Labute approximate surface area is 177 Å². The Balaban J connectivity index is 1.64. The number of hydrogen-bond donors (Lipinski definition) is 2. The van der Waals surface area contributed by atoms with Gasteiger partial charge in [0, 0.05) is 5.69 Å². The Morgan fingerprint density at radius 1 is 1.00 bits per heavy atom. The van der Waals surface area contributed by atoms with Crippen molar-refractivity contribution >= 4 is 28.7 Å². The predicted molar refractivity (Wildman–Crippen MR) is 122 cm³/mol. The topological polar surface area (TPSA) is 41.9 Å². The Morgan fingerprint density at radius 3 is 2.31 bits per heavy atom. The van der Waals surface area contributed by atoms with Crippen LogP contribution in [0.5, 0.6) is 0 Å². The van der Waals surface area contributed by atoms with Gasteiger partial charge in [0.1, 0.15) is 5.82 Å². The summed E-state index contributed by atoms with van der Waals surface area (Å²) in [4.78, 5) is 0. The third-order valence-electron chi connectivity index (χ3n) is 4.90. The van der Waals surface area contributed by atoms with Gasteiger partial charge in [-0.3, -0.25) is 4.68 Å². The van der Waals surface area contributed by atoms with Crippen molar-refractivity contribution in [2.75, 3.05) is 10.6 Å². The summed E-state index contributed by atoms with van der Waals surface area (Å²) in [7, 11) is 0. The molecule has 2 aromatic carbocycles. The molecule has 0 fully saturated rings. The molecule has 3 aromatic rings. The maximum atomic E-state index is 13.1. The fourth-order valence-electron chi connectivity index (χ4n) is 3.21. The molecule has 0 radical (unpaired) electrons. The first-order valence-electron chi connectivity index (χ1n) is 9.91. The van der Waals surface area contributed by atoms with Crippen molar-refractivity contribution in [3.63, 3.8) is 0 Å². The molecule has 0 amide bonds. The van der Waals surface area contributed by atoms with Gasteiger partial charge in [-0.1, -0.05) is 37.6 Å². The average molecular weight is 411 g/mol. The number of aryl methyl sites for hydroxylation is 2. The Bertz CT molecular complexity index is 962. The molecule has 1 aromatic heterocycles. The molecule has 3 rings (SSSR count). The second kappa shape index (κ2) is 9.65. The third-order valence-corrected chi connectivity index (χ3v) is 5.10. The monoisotopic (exact) mass is 410 g/mol. The van der Waals surface area contributed by atoms with Gasteiger partial charge in [0.15, 0.2) is 5.11 Å². The highest BCUT2D eigenvalue weighted by molar-refractivity contribution is 7.80. The van der Waals surface area contributed by atoms with Crippen LogP contribution in [0.2, 0.25) is 0 Å². The SMILES string of the molecule is CCCCc1ccc(NC(=S)Nc2c(C)nn(Cc3ccc(F)cc3)c2C)cc1. The summed E-state index contributed by atoms with van der Waals surface area (Å²) < 4.78 is 15.0. The largest absolute Gasteiger partial charge is 0.332 e.